The van der Waals surface area contributed by atoms with Crippen LogP contribution in [0.15, 0.2) is 18.2 Å². The number of alkyl halides is 1. The summed E-state index contributed by atoms with van der Waals surface area (Å²) in [6.45, 7) is 1.36. The smallest absolute Gasteiger partial charge is 0.337 e. The number of benzene rings is 1. The lowest BCUT2D eigenvalue weighted by Gasteiger charge is -2.14. The number of ketones is 1. The quantitative estimate of drug-likeness (QED) is 0.632. The van der Waals surface area contributed by atoms with Crippen molar-refractivity contribution in [3.8, 4) is 0 Å². The third kappa shape index (κ3) is 3.17. The maximum absolute atomic E-state index is 11.2. The van der Waals surface area contributed by atoms with Crippen molar-refractivity contribution in [3.05, 3.63) is 32.9 Å². The highest BCUT2D eigenvalue weighted by Crippen LogP contribution is 2.31. The molecule has 0 heterocycles. The monoisotopic (exact) mass is 368 g/mol. The first-order valence-electron chi connectivity index (χ1n) is 4.70. The van der Waals surface area contributed by atoms with Gasteiger partial charge in [-0.05, 0) is 35.1 Å². The van der Waals surface area contributed by atoms with Crippen LogP contribution >= 0.6 is 34.2 Å². The summed E-state index contributed by atoms with van der Waals surface area (Å²) in [5.41, 5.74) is 0.750. The summed E-state index contributed by atoms with van der Waals surface area (Å²) in [4.78, 5) is 21.9. The molecular formula is C11H10ClIO4. The summed E-state index contributed by atoms with van der Waals surface area (Å²) in [7, 11) is 0. The van der Waals surface area contributed by atoms with E-state index in [1.54, 1.807) is 12.1 Å². The Morgan fingerprint density at radius 3 is 2.35 bits per heavy atom. The third-order valence-corrected chi connectivity index (χ3v) is 4.00. The van der Waals surface area contributed by atoms with Crippen LogP contribution in [0.4, 0.5) is 0 Å². The van der Waals surface area contributed by atoms with Crippen molar-refractivity contribution in [1.29, 1.82) is 0 Å². The highest BCUT2D eigenvalue weighted by Gasteiger charge is 2.23. The molecule has 0 saturated heterocycles. The van der Waals surface area contributed by atoms with Crippen LogP contribution in [0.2, 0.25) is 0 Å². The van der Waals surface area contributed by atoms with Crippen LogP contribution in [0.3, 0.4) is 0 Å². The minimum atomic E-state index is -1.61. The number of carbonyl (C=O) groups excluding carboxylic acids is 1. The van der Waals surface area contributed by atoms with Gasteiger partial charge >= 0.3 is 5.97 Å². The lowest BCUT2D eigenvalue weighted by atomic mass is 10.0. The Morgan fingerprint density at radius 1 is 1.35 bits per heavy atom. The lowest BCUT2D eigenvalue weighted by molar-refractivity contribution is -0.147. The van der Waals surface area contributed by atoms with E-state index in [0.29, 0.717) is 9.13 Å². The number of aliphatic hydroxyl groups is 1. The van der Waals surface area contributed by atoms with Gasteiger partial charge in [0.2, 0.25) is 0 Å². The summed E-state index contributed by atoms with van der Waals surface area (Å²) in [5.74, 6) is -1.57. The van der Waals surface area contributed by atoms with Crippen molar-refractivity contribution in [1.82, 2.24) is 0 Å². The lowest BCUT2D eigenvalue weighted by Crippen LogP contribution is -2.14. The molecule has 4 nitrogen and oxygen atoms in total. The minimum absolute atomic E-state index is 0.230. The van der Waals surface area contributed by atoms with Crippen molar-refractivity contribution in [3.63, 3.8) is 0 Å². The third-order valence-electron chi connectivity index (χ3n) is 2.22. The SMILES string of the molecule is CC(=O)C(Cl)c1cccc(C(O)C(=O)O)c1I. The Balaban J connectivity index is 3.25. The van der Waals surface area contributed by atoms with Crippen LogP contribution < -0.4 is 0 Å². The molecule has 1 aromatic carbocycles. The molecule has 2 unspecified atom stereocenters. The molecule has 6 heteroatoms. The number of rotatable bonds is 4. The molecule has 2 N–H and O–H groups in total. The van der Waals surface area contributed by atoms with E-state index >= 15 is 0 Å². The summed E-state index contributed by atoms with van der Waals surface area (Å²) in [5, 5.41) is 17.4. The van der Waals surface area contributed by atoms with Gasteiger partial charge in [-0.15, -0.1) is 11.6 Å². The van der Waals surface area contributed by atoms with Gasteiger partial charge in [-0.25, -0.2) is 4.79 Å². The second-order valence-electron chi connectivity index (χ2n) is 3.46. The molecule has 0 bridgehead atoms. The molecule has 0 saturated carbocycles. The first-order valence-corrected chi connectivity index (χ1v) is 6.21. The first kappa shape index (κ1) is 14.4. The number of halogens is 2. The summed E-state index contributed by atoms with van der Waals surface area (Å²) in [6.07, 6.45) is -1.61. The minimum Gasteiger partial charge on any atom is -0.479 e. The van der Waals surface area contributed by atoms with Crippen LogP contribution in [0, 0.1) is 3.57 Å². The number of carboxylic acid groups (broad SMARTS) is 1. The van der Waals surface area contributed by atoms with Gasteiger partial charge in [-0.3, -0.25) is 4.79 Å². The van der Waals surface area contributed by atoms with Crippen molar-refractivity contribution in [2.75, 3.05) is 0 Å². The second kappa shape index (κ2) is 5.79. The van der Waals surface area contributed by atoms with Crippen LogP contribution in [0.25, 0.3) is 0 Å². The highest BCUT2D eigenvalue weighted by atomic mass is 127. The molecule has 2 atom stereocenters. The van der Waals surface area contributed by atoms with Gasteiger partial charge in [0.1, 0.15) is 5.38 Å². The maximum atomic E-state index is 11.2. The van der Waals surface area contributed by atoms with E-state index in [9.17, 15) is 14.7 Å². The van der Waals surface area contributed by atoms with E-state index in [-0.39, 0.29) is 11.3 Å². The molecule has 0 aromatic heterocycles. The predicted molar refractivity (Wildman–Crippen MR) is 71.0 cm³/mol. The summed E-state index contributed by atoms with van der Waals surface area (Å²) in [6, 6.07) is 4.70. The highest BCUT2D eigenvalue weighted by molar-refractivity contribution is 14.1. The number of Topliss-reactive ketones (excluding diaryl/α,β-unsaturated/α-hetero) is 1. The van der Waals surface area contributed by atoms with Gasteiger partial charge in [0, 0.05) is 9.13 Å². The van der Waals surface area contributed by atoms with Crippen molar-refractivity contribution < 1.29 is 19.8 Å². The van der Waals surface area contributed by atoms with Gasteiger partial charge < -0.3 is 10.2 Å². The molecule has 0 aliphatic rings. The van der Waals surface area contributed by atoms with Crippen molar-refractivity contribution >= 4 is 45.9 Å². The van der Waals surface area contributed by atoms with E-state index in [4.69, 9.17) is 16.7 Å². The number of carbonyl (C=O) groups is 2. The Labute approximate surface area is 117 Å². The van der Waals surface area contributed by atoms with E-state index in [0.717, 1.165) is 0 Å². The summed E-state index contributed by atoms with van der Waals surface area (Å²) >= 11 is 7.80. The number of hydrogen-bond acceptors (Lipinski definition) is 3. The largest absolute Gasteiger partial charge is 0.479 e. The van der Waals surface area contributed by atoms with Gasteiger partial charge in [0.15, 0.2) is 11.9 Å². The van der Waals surface area contributed by atoms with Gasteiger partial charge in [-0.2, -0.15) is 0 Å². The molecular weight excluding hydrogens is 358 g/mol. The van der Waals surface area contributed by atoms with E-state index in [1.165, 1.54) is 13.0 Å². The Hall–Kier alpha value is -0.660. The molecule has 0 fully saturated rings. The van der Waals surface area contributed by atoms with Crippen LogP contribution in [-0.2, 0) is 9.59 Å². The van der Waals surface area contributed by atoms with Crippen molar-refractivity contribution in [2.45, 2.75) is 18.4 Å². The Kier molecular flexibility index (Phi) is 4.91. The van der Waals surface area contributed by atoms with Crippen LogP contribution in [0.5, 0.6) is 0 Å². The molecule has 0 aliphatic heterocycles. The van der Waals surface area contributed by atoms with Gasteiger partial charge in [0.25, 0.3) is 0 Å². The number of hydrogen-bond donors (Lipinski definition) is 2. The second-order valence-corrected chi connectivity index (χ2v) is 4.98. The fourth-order valence-corrected chi connectivity index (χ4v) is 2.66. The predicted octanol–water partition coefficient (Wildman–Crippen LogP) is 2.28. The van der Waals surface area contributed by atoms with Crippen molar-refractivity contribution in [2.24, 2.45) is 0 Å². The number of carboxylic acids is 1. The number of aliphatic hydroxyl groups excluding tert-OH is 1. The molecule has 0 amide bonds. The molecule has 17 heavy (non-hydrogen) atoms. The first-order chi connectivity index (χ1) is 7.86. The van der Waals surface area contributed by atoms with Crippen LogP contribution in [0.1, 0.15) is 29.5 Å². The normalized spacial score (nSPS) is 14.1. The summed E-state index contributed by atoms with van der Waals surface area (Å²) < 4.78 is 0.496. The average Bonchev–Trinajstić information content (AvgIpc) is 2.27. The fraction of sp³-hybridized carbons (Fsp3) is 0.273. The fourth-order valence-electron chi connectivity index (χ4n) is 1.33. The van der Waals surface area contributed by atoms with E-state index in [2.05, 4.69) is 0 Å². The molecule has 0 aliphatic carbocycles. The molecule has 0 spiro atoms. The van der Waals surface area contributed by atoms with E-state index in [1.807, 2.05) is 22.6 Å². The maximum Gasteiger partial charge on any atom is 0.337 e. The standard InChI is InChI=1S/C11H10ClIO4/c1-5(14)8(12)6-3-2-4-7(9(6)13)10(15)11(16)17/h2-4,8,10,15H,1H3,(H,16,17). The average molecular weight is 369 g/mol. The number of aliphatic carboxylic acids is 1. The molecule has 1 aromatic rings. The van der Waals surface area contributed by atoms with Crippen LogP contribution in [-0.4, -0.2) is 22.0 Å². The van der Waals surface area contributed by atoms with E-state index < -0.39 is 17.5 Å². The molecule has 92 valence electrons. The zero-order valence-electron chi connectivity index (χ0n) is 8.85. The van der Waals surface area contributed by atoms with Gasteiger partial charge in [0.05, 0.1) is 0 Å². The Morgan fingerprint density at radius 2 is 1.88 bits per heavy atom. The zero-order chi connectivity index (χ0) is 13.2. The van der Waals surface area contributed by atoms with Gasteiger partial charge in [-0.1, -0.05) is 18.2 Å². The topological polar surface area (TPSA) is 74.6 Å². The zero-order valence-corrected chi connectivity index (χ0v) is 11.8. The molecule has 0 radical (unpaired) electrons. The Bertz CT molecular complexity index is 423. The molecule has 1 rings (SSSR count).